The number of esters is 1. The number of nitrogens with one attached hydrogen (secondary N) is 6. The monoisotopic (exact) mass is 1140 g/mol. The zero-order valence-corrected chi connectivity index (χ0v) is 47.9. The number of carbonyl (C=O) groups is 7. The van der Waals surface area contributed by atoms with Crippen LogP contribution in [0.1, 0.15) is 87.0 Å². The Labute approximate surface area is 474 Å². The van der Waals surface area contributed by atoms with Crippen LogP contribution in [0.25, 0.3) is 33.5 Å². The number of hydrogen-bond donors (Lipinski definition) is 6. The van der Waals surface area contributed by atoms with Gasteiger partial charge in [-0.25, -0.2) is 49.7 Å². The summed E-state index contributed by atoms with van der Waals surface area (Å²) in [5.74, 6) is -1.84. The largest absolute Gasteiger partial charge is 0.465 e. The highest BCUT2D eigenvalue weighted by Crippen LogP contribution is 2.21. The van der Waals surface area contributed by atoms with Gasteiger partial charge in [-0.1, -0.05) is 40.0 Å². The van der Waals surface area contributed by atoms with E-state index in [2.05, 4.69) is 97.5 Å². The third-order valence-electron chi connectivity index (χ3n) is 12.4. The van der Waals surface area contributed by atoms with E-state index >= 15 is 0 Å². The first-order chi connectivity index (χ1) is 39.5. The van der Waals surface area contributed by atoms with Crippen LogP contribution in [0.3, 0.4) is 0 Å². The summed E-state index contributed by atoms with van der Waals surface area (Å²) in [6, 6.07) is 0. The third-order valence-corrected chi connectivity index (χ3v) is 12.4. The molecule has 0 aliphatic rings. The topological polar surface area (TPSA) is 351 Å². The average molecular weight is 1140 g/mol. The lowest BCUT2D eigenvalue weighted by molar-refractivity contribution is -0.149. The van der Waals surface area contributed by atoms with Crippen molar-refractivity contribution >= 4 is 92.5 Å². The summed E-state index contributed by atoms with van der Waals surface area (Å²) in [6.07, 6.45) is 13.4. The molecule has 444 valence electrons. The molecular formula is C52H77N21O9. The summed E-state index contributed by atoms with van der Waals surface area (Å²) in [5, 5.41) is 17.9. The maximum absolute atomic E-state index is 14.3. The lowest BCUT2D eigenvalue weighted by Gasteiger charge is -2.25. The lowest BCUT2D eigenvalue weighted by Crippen LogP contribution is -2.49. The van der Waals surface area contributed by atoms with Gasteiger partial charge in [0.25, 0.3) is 0 Å². The van der Waals surface area contributed by atoms with Crippen molar-refractivity contribution in [2.75, 3.05) is 101 Å². The van der Waals surface area contributed by atoms with Crippen molar-refractivity contribution in [3.63, 3.8) is 0 Å². The van der Waals surface area contributed by atoms with Gasteiger partial charge in [-0.05, 0) is 47.0 Å². The van der Waals surface area contributed by atoms with Gasteiger partial charge < -0.3 is 69.8 Å². The molecule has 0 atom stereocenters. The number of alkyl carbamates (subject to hydrolysis) is 1. The number of hydrogen-bond acceptors (Lipinski definition) is 21. The minimum Gasteiger partial charge on any atom is -0.465 e. The first kappa shape index (κ1) is 62.3. The number of anilines is 3. The molecule has 0 aromatic carbocycles. The number of carbonyl (C=O) groups excluding carboxylic acids is 7. The highest BCUT2D eigenvalue weighted by molar-refractivity contribution is 5.90. The first-order valence-corrected chi connectivity index (χ1v) is 27.7. The molecule has 0 unspecified atom stereocenters. The standard InChI is InChI=1S/C52H77N21O9/c1-8-12-15-55-45-42-48(62-30-59-45)71(33-65-42)26-38(76)68(24-36(74)54-19-22-70(29-41(79)81-11-4)40(78)28-73-35-67-44-47(57-17-14-10-3)61-32-64-50(44)73)21-18-53-37(75)25-69(23-20-58-51(80)82-52(5,6)7)39(77)27-72-34-66-43-46(56-16-13-9-2)60-31-63-49(43)72/h30-35H,8-29H2,1-7H3,(H,53,75)(H,54,74)(H,58,80)(H,55,59,62)(H,56,60,63)(H,57,61,64). The van der Waals surface area contributed by atoms with E-state index in [1.54, 1.807) is 36.8 Å². The smallest absolute Gasteiger partial charge is 0.407 e. The van der Waals surface area contributed by atoms with Crippen LogP contribution >= 0.6 is 0 Å². The highest BCUT2D eigenvalue weighted by Gasteiger charge is 2.25. The molecule has 6 amide bonds. The fourth-order valence-corrected chi connectivity index (χ4v) is 8.23. The number of aromatic nitrogens is 12. The summed E-state index contributed by atoms with van der Waals surface area (Å²) in [6.45, 7) is 12.2. The number of fused-ring (bicyclic) bond motifs is 3. The Morgan fingerprint density at radius 3 is 1.17 bits per heavy atom. The predicted molar refractivity (Wildman–Crippen MR) is 303 cm³/mol. The zero-order chi connectivity index (χ0) is 59.0. The Bertz CT molecular complexity index is 3100. The van der Waals surface area contributed by atoms with E-state index in [-0.39, 0.29) is 65.5 Å². The summed E-state index contributed by atoms with van der Waals surface area (Å²) < 4.78 is 15.1. The molecule has 82 heavy (non-hydrogen) atoms. The Balaban J connectivity index is 1.14. The number of amides is 6. The molecule has 30 heteroatoms. The first-order valence-electron chi connectivity index (χ1n) is 27.7. The Hall–Kier alpha value is -8.86. The summed E-state index contributed by atoms with van der Waals surface area (Å²) in [4.78, 5) is 138. The van der Waals surface area contributed by atoms with Crippen LogP contribution in [0.15, 0.2) is 38.0 Å². The van der Waals surface area contributed by atoms with E-state index in [1.807, 2.05) is 0 Å². The van der Waals surface area contributed by atoms with Gasteiger partial charge in [-0.3, -0.25) is 28.8 Å². The van der Waals surface area contributed by atoms with Crippen LogP contribution in [0.4, 0.5) is 22.2 Å². The molecule has 0 saturated carbocycles. The fourth-order valence-electron chi connectivity index (χ4n) is 8.23. The van der Waals surface area contributed by atoms with Crippen LogP contribution < -0.4 is 31.9 Å². The maximum Gasteiger partial charge on any atom is 0.407 e. The quantitative estimate of drug-likeness (QED) is 0.0248. The molecule has 6 heterocycles. The normalized spacial score (nSPS) is 11.3. The Morgan fingerprint density at radius 2 is 0.829 bits per heavy atom. The third kappa shape index (κ3) is 18.6. The number of ether oxygens (including phenoxy) is 2. The van der Waals surface area contributed by atoms with Crippen LogP contribution in [-0.4, -0.2) is 206 Å². The van der Waals surface area contributed by atoms with Crippen molar-refractivity contribution in [2.24, 2.45) is 0 Å². The number of unbranched alkanes of at least 4 members (excludes halogenated alkanes) is 3. The van der Waals surface area contributed by atoms with E-state index in [4.69, 9.17) is 9.47 Å². The van der Waals surface area contributed by atoms with Crippen molar-refractivity contribution < 1.29 is 43.0 Å². The lowest BCUT2D eigenvalue weighted by atomic mass is 10.2. The van der Waals surface area contributed by atoms with Crippen LogP contribution in [0, 0.1) is 0 Å². The second kappa shape index (κ2) is 31.2. The van der Waals surface area contributed by atoms with Gasteiger partial charge in [-0.2, -0.15) is 0 Å². The maximum atomic E-state index is 14.3. The second-order valence-corrected chi connectivity index (χ2v) is 20.0. The molecule has 6 N–H and O–H groups in total. The molecule has 0 aliphatic carbocycles. The van der Waals surface area contributed by atoms with Gasteiger partial charge in [0.15, 0.2) is 34.4 Å². The van der Waals surface area contributed by atoms with Crippen LogP contribution in [0.2, 0.25) is 0 Å². The Kier molecular flexibility index (Phi) is 23.7. The van der Waals surface area contributed by atoms with Gasteiger partial charge in [-0.15, -0.1) is 0 Å². The number of nitrogens with zero attached hydrogens (tertiary/aromatic N) is 15. The van der Waals surface area contributed by atoms with E-state index < -0.39 is 66.8 Å². The molecule has 0 bridgehead atoms. The fraction of sp³-hybridized carbons (Fsp3) is 0.577. The van der Waals surface area contributed by atoms with Gasteiger partial charge in [0.1, 0.15) is 67.3 Å². The minimum atomic E-state index is -0.780. The zero-order valence-electron chi connectivity index (χ0n) is 47.9. The van der Waals surface area contributed by atoms with E-state index in [0.717, 1.165) is 38.5 Å². The SMILES string of the molecule is CCCCNc1ncnc2c1ncn2CC(=O)N(CCNC(=O)CN(CCNC(=O)OC(C)(C)C)C(=O)Cn1cnc2c(NCCCC)ncnc21)CC(=O)NCCN(CC(=O)OCC)C(=O)Cn1cnc2c(NCCCC)ncnc21. The van der Waals surface area contributed by atoms with Crippen molar-refractivity contribution in [2.45, 2.75) is 112 Å². The number of rotatable bonds is 34. The van der Waals surface area contributed by atoms with E-state index in [1.165, 1.54) is 57.2 Å². The van der Waals surface area contributed by atoms with Crippen molar-refractivity contribution in [1.29, 1.82) is 0 Å². The molecule has 6 aromatic heterocycles. The summed E-state index contributed by atoms with van der Waals surface area (Å²) in [5.41, 5.74) is 1.79. The van der Waals surface area contributed by atoms with E-state index in [0.29, 0.717) is 70.6 Å². The van der Waals surface area contributed by atoms with Crippen LogP contribution in [0.5, 0.6) is 0 Å². The number of imidazole rings is 3. The molecule has 0 radical (unpaired) electrons. The van der Waals surface area contributed by atoms with Crippen molar-refractivity contribution in [3.05, 3.63) is 38.0 Å². The van der Waals surface area contributed by atoms with Gasteiger partial charge in [0.05, 0.1) is 38.7 Å². The summed E-state index contributed by atoms with van der Waals surface area (Å²) >= 11 is 0. The van der Waals surface area contributed by atoms with Gasteiger partial charge in [0.2, 0.25) is 29.5 Å². The molecule has 6 aromatic rings. The molecule has 30 nitrogen and oxygen atoms in total. The molecule has 0 saturated heterocycles. The average Bonchev–Trinajstić information content (AvgIpc) is 4.40. The van der Waals surface area contributed by atoms with Crippen LogP contribution in [-0.2, 0) is 57.9 Å². The molecule has 0 aliphatic heterocycles. The molecule has 6 rings (SSSR count). The molecular weight excluding hydrogens is 1060 g/mol. The predicted octanol–water partition coefficient (Wildman–Crippen LogP) is 1.95. The molecule has 0 spiro atoms. The van der Waals surface area contributed by atoms with Crippen molar-refractivity contribution in [3.8, 4) is 0 Å². The highest BCUT2D eigenvalue weighted by atomic mass is 16.6. The molecule has 0 fully saturated rings. The van der Waals surface area contributed by atoms with Gasteiger partial charge in [0, 0.05) is 58.9 Å². The van der Waals surface area contributed by atoms with E-state index in [9.17, 15) is 33.6 Å². The minimum absolute atomic E-state index is 0.0578. The second-order valence-electron chi connectivity index (χ2n) is 20.0. The summed E-state index contributed by atoms with van der Waals surface area (Å²) in [7, 11) is 0. The Morgan fingerprint density at radius 1 is 0.476 bits per heavy atom. The van der Waals surface area contributed by atoms with Crippen molar-refractivity contribution in [1.82, 2.24) is 89.2 Å². The van der Waals surface area contributed by atoms with Gasteiger partial charge >= 0.3 is 12.1 Å².